The second-order valence-corrected chi connectivity index (χ2v) is 4.53. The molecule has 2 amide bonds. The first kappa shape index (κ1) is 15.8. The van der Waals surface area contributed by atoms with Crippen molar-refractivity contribution in [1.29, 1.82) is 0 Å². The number of carbonyl (C=O) groups excluding carboxylic acids is 1. The molecule has 0 aromatic heterocycles. The van der Waals surface area contributed by atoms with Crippen LogP contribution in [0.2, 0.25) is 0 Å². The fourth-order valence-electron chi connectivity index (χ4n) is 1.85. The van der Waals surface area contributed by atoms with Crippen LogP contribution in [0.4, 0.5) is 23.7 Å². The number of amides is 2. The van der Waals surface area contributed by atoms with Crippen molar-refractivity contribution in [3.8, 4) is 0 Å². The summed E-state index contributed by atoms with van der Waals surface area (Å²) in [4.78, 5) is 11.6. The summed E-state index contributed by atoms with van der Waals surface area (Å²) in [6, 6.07) is 7.38. The number of aliphatic hydroxyl groups is 1. The molecule has 3 N–H and O–H groups in total. The third-order valence-corrected chi connectivity index (χ3v) is 2.84. The number of carbonyl (C=O) groups is 1. The van der Waals surface area contributed by atoms with Gasteiger partial charge in [0.25, 0.3) is 0 Å². The van der Waals surface area contributed by atoms with E-state index in [2.05, 4.69) is 10.6 Å². The maximum atomic E-state index is 13.4. The Labute approximate surface area is 124 Å². The van der Waals surface area contributed by atoms with Crippen LogP contribution in [0, 0.1) is 17.5 Å². The second kappa shape index (κ2) is 6.95. The molecule has 0 unspecified atom stereocenters. The van der Waals surface area contributed by atoms with E-state index in [0.717, 1.165) is 12.1 Å². The SMILES string of the molecule is O=C(NC[C@H](O)c1ccccc1F)Nc1cc(F)cc(F)c1. The molecule has 0 spiro atoms. The van der Waals surface area contributed by atoms with E-state index in [-0.39, 0.29) is 17.8 Å². The van der Waals surface area contributed by atoms with Gasteiger partial charge < -0.3 is 15.7 Å². The molecule has 0 bridgehead atoms. The number of benzene rings is 2. The van der Waals surface area contributed by atoms with Crippen molar-refractivity contribution in [2.24, 2.45) is 0 Å². The van der Waals surface area contributed by atoms with E-state index in [1.807, 2.05) is 0 Å². The number of hydrogen-bond acceptors (Lipinski definition) is 2. The molecule has 22 heavy (non-hydrogen) atoms. The lowest BCUT2D eigenvalue weighted by atomic mass is 10.1. The number of halogens is 3. The maximum absolute atomic E-state index is 13.4. The fraction of sp³-hybridized carbons (Fsp3) is 0.133. The summed E-state index contributed by atoms with van der Waals surface area (Å²) >= 11 is 0. The molecule has 2 rings (SSSR count). The Morgan fingerprint density at radius 2 is 1.73 bits per heavy atom. The highest BCUT2D eigenvalue weighted by molar-refractivity contribution is 5.89. The Bertz CT molecular complexity index is 659. The minimum atomic E-state index is -1.24. The molecule has 0 radical (unpaired) electrons. The summed E-state index contributed by atoms with van der Waals surface area (Å²) in [6.45, 7) is -0.259. The highest BCUT2D eigenvalue weighted by Gasteiger charge is 2.13. The monoisotopic (exact) mass is 310 g/mol. The molecule has 0 aliphatic rings. The maximum Gasteiger partial charge on any atom is 0.319 e. The van der Waals surface area contributed by atoms with Crippen LogP contribution < -0.4 is 10.6 Å². The smallest absolute Gasteiger partial charge is 0.319 e. The van der Waals surface area contributed by atoms with E-state index < -0.39 is 29.6 Å². The van der Waals surface area contributed by atoms with Crippen molar-refractivity contribution in [3.05, 3.63) is 65.5 Å². The van der Waals surface area contributed by atoms with Crippen LogP contribution in [0.1, 0.15) is 11.7 Å². The normalized spacial score (nSPS) is 11.8. The van der Waals surface area contributed by atoms with Crippen molar-refractivity contribution in [3.63, 3.8) is 0 Å². The van der Waals surface area contributed by atoms with Crippen molar-refractivity contribution in [1.82, 2.24) is 5.32 Å². The fourth-order valence-corrected chi connectivity index (χ4v) is 1.85. The average Bonchev–Trinajstić information content (AvgIpc) is 2.44. The summed E-state index contributed by atoms with van der Waals surface area (Å²) in [5.41, 5.74) is -0.0324. The molecule has 0 heterocycles. The zero-order valence-electron chi connectivity index (χ0n) is 11.3. The predicted molar refractivity (Wildman–Crippen MR) is 74.7 cm³/mol. The van der Waals surface area contributed by atoms with Crippen LogP contribution in [0.15, 0.2) is 42.5 Å². The van der Waals surface area contributed by atoms with E-state index in [0.29, 0.717) is 6.07 Å². The van der Waals surface area contributed by atoms with Crippen molar-refractivity contribution < 1.29 is 23.1 Å². The lowest BCUT2D eigenvalue weighted by molar-refractivity contribution is 0.170. The molecule has 1 atom stereocenters. The lowest BCUT2D eigenvalue weighted by Crippen LogP contribution is -2.32. The molecule has 4 nitrogen and oxygen atoms in total. The molecule has 116 valence electrons. The van der Waals surface area contributed by atoms with E-state index in [1.165, 1.54) is 18.2 Å². The molecular weight excluding hydrogens is 297 g/mol. The first-order valence-corrected chi connectivity index (χ1v) is 6.39. The van der Waals surface area contributed by atoms with Gasteiger partial charge in [0.15, 0.2) is 0 Å². The first-order chi connectivity index (χ1) is 10.5. The van der Waals surface area contributed by atoms with Gasteiger partial charge in [0.2, 0.25) is 0 Å². The summed E-state index contributed by atoms with van der Waals surface area (Å²) in [7, 11) is 0. The highest BCUT2D eigenvalue weighted by Crippen LogP contribution is 2.16. The Kier molecular flexibility index (Phi) is 5.00. The van der Waals surface area contributed by atoms with Crippen LogP contribution >= 0.6 is 0 Å². The number of anilines is 1. The molecule has 0 fully saturated rings. The summed E-state index contributed by atoms with van der Waals surface area (Å²) in [5.74, 6) is -2.26. The van der Waals surface area contributed by atoms with E-state index in [4.69, 9.17) is 0 Å². The van der Waals surface area contributed by atoms with Crippen LogP contribution in [-0.2, 0) is 0 Å². The molecule has 0 saturated carbocycles. The van der Waals surface area contributed by atoms with E-state index >= 15 is 0 Å². The third-order valence-electron chi connectivity index (χ3n) is 2.84. The highest BCUT2D eigenvalue weighted by atomic mass is 19.1. The second-order valence-electron chi connectivity index (χ2n) is 4.53. The standard InChI is InChI=1S/C15H13F3N2O2/c16-9-5-10(17)7-11(6-9)20-15(22)19-8-14(21)12-3-1-2-4-13(12)18/h1-7,14,21H,8H2,(H2,19,20,22)/t14-/m0/s1. The Morgan fingerprint density at radius 1 is 1.09 bits per heavy atom. The minimum absolute atomic E-state index is 0.0413. The molecule has 0 aliphatic carbocycles. The van der Waals surface area contributed by atoms with Gasteiger partial charge in [-0.05, 0) is 18.2 Å². The summed E-state index contributed by atoms with van der Waals surface area (Å²) < 4.78 is 39.4. The van der Waals surface area contributed by atoms with Crippen LogP contribution in [-0.4, -0.2) is 17.7 Å². The Balaban J connectivity index is 1.91. The zero-order valence-corrected chi connectivity index (χ0v) is 11.3. The van der Waals surface area contributed by atoms with Gasteiger partial charge in [0.1, 0.15) is 17.5 Å². The molecule has 2 aromatic rings. The summed E-state index contributed by atoms with van der Waals surface area (Å²) in [5, 5.41) is 14.3. The molecule has 2 aromatic carbocycles. The van der Waals surface area contributed by atoms with Gasteiger partial charge in [-0.15, -0.1) is 0 Å². The van der Waals surface area contributed by atoms with Gasteiger partial charge in [-0.1, -0.05) is 18.2 Å². The molecular formula is C15H13F3N2O2. The van der Waals surface area contributed by atoms with Gasteiger partial charge in [-0.3, -0.25) is 0 Å². The van der Waals surface area contributed by atoms with Crippen LogP contribution in [0.3, 0.4) is 0 Å². The third kappa shape index (κ3) is 4.23. The number of hydrogen-bond donors (Lipinski definition) is 3. The minimum Gasteiger partial charge on any atom is -0.386 e. The number of rotatable bonds is 4. The van der Waals surface area contributed by atoms with Crippen LogP contribution in [0.25, 0.3) is 0 Å². The van der Waals surface area contributed by atoms with Gasteiger partial charge in [-0.2, -0.15) is 0 Å². The van der Waals surface area contributed by atoms with Gasteiger partial charge in [-0.25, -0.2) is 18.0 Å². The number of urea groups is 1. The Hall–Kier alpha value is -2.54. The zero-order chi connectivity index (χ0) is 16.1. The lowest BCUT2D eigenvalue weighted by Gasteiger charge is -2.13. The largest absolute Gasteiger partial charge is 0.386 e. The quantitative estimate of drug-likeness (QED) is 0.813. The van der Waals surface area contributed by atoms with Crippen molar-refractivity contribution in [2.45, 2.75) is 6.10 Å². The molecule has 0 saturated heterocycles. The van der Waals surface area contributed by atoms with Gasteiger partial charge in [0, 0.05) is 23.9 Å². The number of nitrogens with one attached hydrogen (secondary N) is 2. The van der Waals surface area contributed by atoms with Crippen molar-refractivity contribution in [2.75, 3.05) is 11.9 Å². The van der Waals surface area contributed by atoms with Crippen LogP contribution in [0.5, 0.6) is 0 Å². The molecule has 7 heteroatoms. The number of aliphatic hydroxyl groups excluding tert-OH is 1. The van der Waals surface area contributed by atoms with E-state index in [9.17, 15) is 23.1 Å². The topological polar surface area (TPSA) is 61.4 Å². The van der Waals surface area contributed by atoms with Crippen molar-refractivity contribution >= 4 is 11.7 Å². The Morgan fingerprint density at radius 3 is 2.36 bits per heavy atom. The van der Waals surface area contributed by atoms with Gasteiger partial charge >= 0.3 is 6.03 Å². The predicted octanol–water partition coefficient (Wildman–Crippen LogP) is 2.96. The first-order valence-electron chi connectivity index (χ1n) is 6.39. The van der Waals surface area contributed by atoms with E-state index in [1.54, 1.807) is 6.07 Å². The molecule has 0 aliphatic heterocycles. The van der Waals surface area contributed by atoms with Gasteiger partial charge in [0.05, 0.1) is 6.10 Å². The average molecular weight is 310 g/mol. The summed E-state index contributed by atoms with van der Waals surface area (Å²) in [6.07, 6.45) is -1.24.